The largest absolute Gasteiger partial charge is 0.418 e. The average molecular weight is 379 g/mol. The van der Waals surface area contributed by atoms with Crippen molar-refractivity contribution in [1.82, 2.24) is 20.8 Å². The third kappa shape index (κ3) is 3.67. The van der Waals surface area contributed by atoms with Gasteiger partial charge in [0.1, 0.15) is 17.9 Å². The van der Waals surface area contributed by atoms with Gasteiger partial charge in [-0.3, -0.25) is 14.2 Å². The molecule has 3 heterocycles. The van der Waals surface area contributed by atoms with Crippen molar-refractivity contribution in [2.45, 2.75) is 31.0 Å². The van der Waals surface area contributed by atoms with Gasteiger partial charge in [0.15, 0.2) is 0 Å². The topological polar surface area (TPSA) is 170 Å². The quantitative estimate of drug-likeness (QED) is 0.236. The third-order valence-corrected chi connectivity index (χ3v) is 4.59. The monoisotopic (exact) mass is 379 g/mol. The lowest BCUT2D eigenvalue weighted by molar-refractivity contribution is -0.140. The fraction of sp³-hybridized carbons (Fsp3) is 0.727. The van der Waals surface area contributed by atoms with Gasteiger partial charge in [0.25, 0.3) is 5.91 Å². The van der Waals surface area contributed by atoms with E-state index in [0.29, 0.717) is 30.3 Å². The highest BCUT2D eigenvalue weighted by Crippen LogP contribution is 2.30. The molecule has 0 radical (unpaired) electrons. The second-order valence-corrected chi connectivity index (χ2v) is 6.81. The van der Waals surface area contributed by atoms with E-state index in [-0.39, 0.29) is 13.0 Å². The lowest BCUT2D eigenvalue weighted by atomic mass is 10.0. The zero-order valence-corrected chi connectivity index (χ0v) is 13.7. The van der Waals surface area contributed by atoms with Crippen LogP contribution in [0.1, 0.15) is 12.8 Å². The molecule has 0 saturated carbocycles. The molecule has 0 aromatic heterocycles. The summed E-state index contributed by atoms with van der Waals surface area (Å²) in [5.74, 6) is -0.593. The summed E-state index contributed by atoms with van der Waals surface area (Å²) in [7, 11) is -4.84. The smallest absolute Gasteiger partial charge is 0.411 e. The zero-order chi connectivity index (χ0) is 18.2. The summed E-state index contributed by atoms with van der Waals surface area (Å²) >= 11 is 0. The van der Waals surface area contributed by atoms with Gasteiger partial charge in [-0.1, -0.05) is 5.16 Å². The second kappa shape index (κ2) is 6.72. The number of hydroxylamine groups is 3. The van der Waals surface area contributed by atoms with Crippen LogP contribution in [-0.4, -0.2) is 83.6 Å². The first-order chi connectivity index (χ1) is 11.8. The van der Waals surface area contributed by atoms with Crippen LogP contribution in [0.2, 0.25) is 0 Å². The fourth-order valence-electron chi connectivity index (χ4n) is 3.07. The molecule has 3 saturated heterocycles. The van der Waals surface area contributed by atoms with Crippen LogP contribution in [0.15, 0.2) is 5.16 Å². The molecule has 3 aliphatic heterocycles. The Morgan fingerprint density at radius 3 is 2.84 bits per heavy atom. The van der Waals surface area contributed by atoms with E-state index in [4.69, 9.17) is 14.6 Å². The summed E-state index contributed by atoms with van der Waals surface area (Å²) in [4.78, 5) is 30.8. The Bertz CT molecular complexity index is 697. The van der Waals surface area contributed by atoms with Crippen LogP contribution in [0, 0.1) is 0 Å². The minimum Gasteiger partial charge on any atom is -0.411 e. The number of carbonyl (C=O) groups is 2. The molecule has 3 atom stereocenters. The predicted octanol–water partition coefficient (Wildman–Crippen LogP) is -2.16. The van der Waals surface area contributed by atoms with Crippen LogP contribution >= 0.6 is 0 Å². The van der Waals surface area contributed by atoms with Gasteiger partial charge in [0.2, 0.25) is 0 Å². The van der Waals surface area contributed by atoms with Crippen molar-refractivity contribution in [2.75, 3.05) is 19.6 Å². The number of hydrogen-bond acceptors (Lipinski definition) is 9. The minimum atomic E-state index is -4.84. The van der Waals surface area contributed by atoms with Gasteiger partial charge >= 0.3 is 16.4 Å². The molecule has 3 amide bonds. The van der Waals surface area contributed by atoms with Crippen molar-refractivity contribution in [2.24, 2.45) is 5.16 Å². The van der Waals surface area contributed by atoms with Crippen molar-refractivity contribution < 1.29 is 36.9 Å². The highest BCUT2D eigenvalue weighted by atomic mass is 32.3. The van der Waals surface area contributed by atoms with Crippen LogP contribution in [0.3, 0.4) is 0 Å². The summed E-state index contributed by atoms with van der Waals surface area (Å²) in [6, 6.07) is -2.28. The van der Waals surface area contributed by atoms with Gasteiger partial charge in [0.05, 0.1) is 6.04 Å². The van der Waals surface area contributed by atoms with E-state index in [0.717, 1.165) is 4.90 Å². The maximum Gasteiger partial charge on any atom is 0.418 e. The van der Waals surface area contributed by atoms with Crippen LogP contribution in [0.25, 0.3) is 0 Å². The third-order valence-electron chi connectivity index (χ3n) is 4.24. The lowest BCUT2D eigenvalue weighted by Gasteiger charge is -2.29. The number of piperidine rings is 1. The van der Waals surface area contributed by atoms with Gasteiger partial charge in [-0.05, 0) is 12.8 Å². The molecule has 2 bridgehead atoms. The maximum atomic E-state index is 12.3. The maximum absolute atomic E-state index is 12.3. The zero-order valence-electron chi connectivity index (χ0n) is 12.9. The number of oxime groups is 1. The first-order valence-electron chi connectivity index (χ1n) is 7.44. The summed E-state index contributed by atoms with van der Waals surface area (Å²) in [5.41, 5.74) is 2.56. The van der Waals surface area contributed by atoms with Crippen LogP contribution in [-0.2, 0) is 24.3 Å². The van der Waals surface area contributed by atoms with E-state index in [1.165, 1.54) is 0 Å². The molecular formula is C11H17N5O8S. The molecule has 3 aliphatic rings. The molecule has 4 N–H and O–H groups in total. The van der Waals surface area contributed by atoms with Crippen molar-refractivity contribution in [1.29, 1.82) is 0 Å². The highest BCUT2D eigenvalue weighted by Gasteiger charge is 2.49. The first kappa shape index (κ1) is 17.8. The summed E-state index contributed by atoms with van der Waals surface area (Å²) < 4.78 is 34.7. The van der Waals surface area contributed by atoms with Gasteiger partial charge in [0, 0.05) is 19.6 Å². The van der Waals surface area contributed by atoms with Crippen LogP contribution in [0.5, 0.6) is 0 Å². The molecule has 140 valence electrons. The van der Waals surface area contributed by atoms with E-state index in [9.17, 15) is 18.0 Å². The number of carbonyl (C=O) groups excluding carboxylic acids is 2. The molecule has 0 aromatic rings. The molecule has 0 aliphatic carbocycles. The Kier molecular flexibility index (Phi) is 4.79. The molecule has 13 nitrogen and oxygen atoms in total. The van der Waals surface area contributed by atoms with Gasteiger partial charge < -0.3 is 15.4 Å². The number of hydrogen-bond donors (Lipinski definition) is 4. The molecule has 14 heteroatoms. The average Bonchev–Trinajstić information content (AvgIpc) is 3.10. The predicted molar refractivity (Wildman–Crippen MR) is 78.5 cm³/mol. The highest BCUT2D eigenvalue weighted by molar-refractivity contribution is 7.80. The summed E-state index contributed by atoms with van der Waals surface area (Å²) in [6.07, 6.45) is -0.0516. The molecule has 25 heavy (non-hydrogen) atoms. The standard InChI is InChI=1S/C11H17N5O8S/c17-10(14-23-9-4-12-3-7(9)13-19)8-2-1-6-5-15(8)11(18)16(6)24-25(20,21)22/h6,8-9,12,19H,1-5H2,(H,14,17)(H,20,21,22)/t6-,8+,9?/m1/s1. The number of fused-ring (bicyclic) bond motifs is 2. The van der Waals surface area contributed by atoms with Crippen molar-refractivity contribution >= 4 is 28.0 Å². The number of rotatable bonds is 5. The SMILES string of the molecule is O=C(NOC1CNCC1=NO)[C@@H]1CC[C@@H]2CN1C(=O)N2OS(=O)(=O)O. The van der Waals surface area contributed by atoms with Crippen molar-refractivity contribution in [3.05, 3.63) is 0 Å². The number of amides is 3. The molecule has 1 unspecified atom stereocenters. The molecule has 0 aromatic carbocycles. The number of nitrogens with zero attached hydrogens (tertiary/aromatic N) is 3. The minimum absolute atomic E-state index is 0.0841. The van der Waals surface area contributed by atoms with E-state index in [1.807, 2.05) is 0 Å². The van der Waals surface area contributed by atoms with E-state index < -0.39 is 40.5 Å². The Morgan fingerprint density at radius 1 is 1.40 bits per heavy atom. The molecular weight excluding hydrogens is 362 g/mol. The first-order valence-corrected chi connectivity index (χ1v) is 8.80. The second-order valence-electron chi connectivity index (χ2n) is 5.81. The van der Waals surface area contributed by atoms with Crippen molar-refractivity contribution in [3.8, 4) is 0 Å². The fourth-order valence-corrected chi connectivity index (χ4v) is 3.46. The van der Waals surface area contributed by atoms with Gasteiger partial charge in [-0.2, -0.15) is 13.5 Å². The number of nitrogens with one attached hydrogen (secondary N) is 2. The molecule has 3 rings (SSSR count). The van der Waals surface area contributed by atoms with Crippen LogP contribution < -0.4 is 10.8 Å². The van der Waals surface area contributed by atoms with Gasteiger partial charge in [-0.25, -0.2) is 10.3 Å². The van der Waals surface area contributed by atoms with E-state index in [2.05, 4.69) is 20.2 Å². The summed E-state index contributed by atoms with van der Waals surface area (Å²) in [5, 5.41) is 15.3. The van der Waals surface area contributed by atoms with E-state index >= 15 is 0 Å². The Balaban J connectivity index is 1.60. The lowest BCUT2D eigenvalue weighted by Crippen LogP contribution is -2.50. The molecule has 0 spiro atoms. The Labute approximate surface area is 142 Å². The Morgan fingerprint density at radius 2 is 2.16 bits per heavy atom. The van der Waals surface area contributed by atoms with Crippen molar-refractivity contribution in [3.63, 3.8) is 0 Å². The normalized spacial score (nSPS) is 31.0. The summed E-state index contributed by atoms with van der Waals surface area (Å²) in [6.45, 7) is 0.764. The van der Waals surface area contributed by atoms with Crippen LogP contribution in [0.4, 0.5) is 4.79 Å². The molecule has 3 fully saturated rings. The Hall–Kier alpha value is -2.00. The number of urea groups is 1. The van der Waals surface area contributed by atoms with E-state index in [1.54, 1.807) is 0 Å². The van der Waals surface area contributed by atoms with Gasteiger partial charge in [-0.15, -0.1) is 4.28 Å².